The number of hydrogen-bond acceptors (Lipinski definition) is 3. The molecule has 1 atom stereocenters. The van der Waals surface area contributed by atoms with E-state index in [1.165, 1.54) is 10.4 Å². The fourth-order valence-electron chi connectivity index (χ4n) is 3.67. The summed E-state index contributed by atoms with van der Waals surface area (Å²) in [6, 6.07) is 21.0. The zero-order chi connectivity index (χ0) is 20.8. The van der Waals surface area contributed by atoms with Crippen LogP contribution >= 0.6 is 0 Å². The predicted molar refractivity (Wildman–Crippen MR) is 119 cm³/mol. The minimum atomic E-state index is -2.63. The van der Waals surface area contributed by atoms with Crippen molar-refractivity contribution < 1.29 is 14.0 Å². The number of carbonyl (C=O) groups is 1. The Bertz CT molecular complexity index is 752. The van der Waals surface area contributed by atoms with Gasteiger partial charge in [0.25, 0.3) is 8.32 Å². The lowest BCUT2D eigenvalue weighted by molar-refractivity contribution is -0.138. The molecule has 3 nitrogen and oxygen atoms in total. The van der Waals surface area contributed by atoms with Gasteiger partial charge in [-0.25, -0.2) is 4.79 Å². The first-order valence-corrected chi connectivity index (χ1v) is 11.8. The van der Waals surface area contributed by atoms with Crippen LogP contribution < -0.4 is 10.4 Å². The average molecular weight is 397 g/mol. The fourth-order valence-corrected chi connectivity index (χ4v) is 8.31. The van der Waals surface area contributed by atoms with E-state index in [-0.39, 0.29) is 17.1 Å². The number of carbonyl (C=O) groups excluding carboxylic acids is 1. The van der Waals surface area contributed by atoms with Gasteiger partial charge in [0.2, 0.25) is 0 Å². The Kier molecular flexibility index (Phi) is 7.39. The lowest BCUT2D eigenvalue weighted by Gasteiger charge is -2.44. The Morgan fingerprint density at radius 1 is 1.00 bits per heavy atom. The van der Waals surface area contributed by atoms with E-state index in [9.17, 15) is 4.79 Å². The lowest BCUT2D eigenvalue weighted by Crippen LogP contribution is -2.67. The Labute approximate surface area is 170 Å². The zero-order valence-electron chi connectivity index (χ0n) is 17.9. The summed E-state index contributed by atoms with van der Waals surface area (Å²) in [5.74, 6) is -0.291. The Morgan fingerprint density at radius 2 is 1.46 bits per heavy atom. The molecule has 28 heavy (non-hydrogen) atoms. The first-order chi connectivity index (χ1) is 13.2. The third-order valence-corrected chi connectivity index (χ3v) is 9.99. The molecule has 0 aliphatic rings. The molecule has 0 N–H and O–H groups in total. The molecule has 2 aromatic rings. The van der Waals surface area contributed by atoms with E-state index in [2.05, 4.69) is 69.3 Å². The number of rotatable bonds is 7. The van der Waals surface area contributed by atoms with Gasteiger partial charge in [0.1, 0.15) is 0 Å². The minimum Gasteiger partial charge on any atom is -0.463 e. The van der Waals surface area contributed by atoms with Crippen molar-refractivity contribution in [1.82, 2.24) is 0 Å². The van der Waals surface area contributed by atoms with Crippen molar-refractivity contribution >= 4 is 24.7 Å². The molecule has 0 unspecified atom stereocenters. The van der Waals surface area contributed by atoms with Gasteiger partial charge in [0.05, 0.1) is 12.7 Å². The summed E-state index contributed by atoms with van der Waals surface area (Å²) in [5.41, 5.74) is 0.576. The molecule has 2 rings (SSSR count). The van der Waals surface area contributed by atoms with Crippen molar-refractivity contribution in [2.75, 3.05) is 6.61 Å². The molecule has 2 aromatic carbocycles. The highest BCUT2D eigenvalue weighted by atomic mass is 28.4. The van der Waals surface area contributed by atoms with E-state index in [1.54, 1.807) is 6.92 Å². The normalized spacial score (nSPS) is 13.9. The summed E-state index contributed by atoms with van der Waals surface area (Å²) in [6.07, 6.45) is 1.65. The van der Waals surface area contributed by atoms with Crippen molar-refractivity contribution in [3.63, 3.8) is 0 Å². The van der Waals surface area contributed by atoms with Crippen molar-refractivity contribution in [1.29, 1.82) is 0 Å². The van der Waals surface area contributed by atoms with Crippen LogP contribution in [0.1, 0.15) is 41.5 Å². The first kappa shape index (κ1) is 22.1. The Balaban J connectivity index is 2.56. The maximum Gasteiger partial charge on any atom is 0.333 e. The number of ether oxygens (including phenoxy) is 1. The molecule has 0 aliphatic heterocycles. The molecule has 0 aromatic heterocycles. The van der Waals surface area contributed by atoms with Crippen LogP contribution in [0.2, 0.25) is 5.04 Å². The molecular weight excluding hydrogens is 364 g/mol. The largest absolute Gasteiger partial charge is 0.463 e. The highest BCUT2D eigenvalue weighted by Gasteiger charge is 2.50. The molecule has 0 bridgehead atoms. The van der Waals surface area contributed by atoms with Crippen molar-refractivity contribution in [2.45, 2.75) is 52.7 Å². The van der Waals surface area contributed by atoms with E-state index in [0.29, 0.717) is 12.2 Å². The third kappa shape index (κ3) is 4.81. The summed E-state index contributed by atoms with van der Waals surface area (Å²) in [7, 11) is -2.63. The predicted octanol–water partition coefficient (Wildman–Crippen LogP) is 4.46. The molecule has 0 saturated heterocycles. The smallest absolute Gasteiger partial charge is 0.333 e. The van der Waals surface area contributed by atoms with Gasteiger partial charge in [-0.3, -0.25) is 0 Å². The molecule has 0 saturated carbocycles. The topological polar surface area (TPSA) is 35.5 Å². The summed E-state index contributed by atoms with van der Waals surface area (Å²) in [6.45, 7) is 12.7. The quantitative estimate of drug-likeness (QED) is 0.394. The van der Waals surface area contributed by atoms with Crippen LogP contribution in [0.4, 0.5) is 0 Å². The molecule has 4 heteroatoms. The molecule has 0 radical (unpaired) electrons. The second-order valence-electron chi connectivity index (χ2n) is 8.06. The minimum absolute atomic E-state index is 0.102. The Morgan fingerprint density at radius 3 is 1.86 bits per heavy atom. The third-order valence-electron chi connectivity index (χ3n) is 4.86. The van der Waals surface area contributed by atoms with E-state index < -0.39 is 8.32 Å². The molecule has 0 amide bonds. The van der Waals surface area contributed by atoms with E-state index >= 15 is 0 Å². The molecule has 0 spiro atoms. The lowest BCUT2D eigenvalue weighted by atomic mass is 10.2. The standard InChI is InChI=1S/C24H32O3Si/c1-7-26-23(25)19(2)18-20(3)27-28(24(4,5)6,21-14-10-8-11-15-21)22-16-12-9-13-17-22/h8-18,20H,7H2,1-6H3/b19-18+/t20-/m0/s1. The molecule has 0 fully saturated rings. The van der Waals surface area contributed by atoms with E-state index in [0.717, 1.165) is 0 Å². The summed E-state index contributed by atoms with van der Waals surface area (Å²) in [5, 5.41) is 2.35. The SMILES string of the molecule is CCOC(=O)/C(C)=C/[C@H](C)O[Si](c1ccccc1)(c1ccccc1)C(C)(C)C. The van der Waals surface area contributed by atoms with Crippen molar-refractivity contribution in [3.8, 4) is 0 Å². The second-order valence-corrected chi connectivity index (χ2v) is 12.3. The van der Waals surface area contributed by atoms with Crippen LogP contribution in [0.5, 0.6) is 0 Å². The van der Waals surface area contributed by atoms with Gasteiger partial charge in [0.15, 0.2) is 0 Å². The first-order valence-electron chi connectivity index (χ1n) is 9.86. The van der Waals surface area contributed by atoms with Crippen LogP contribution in [0.15, 0.2) is 72.3 Å². The molecule has 150 valence electrons. The van der Waals surface area contributed by atoms with E-state index in [4.69, 9.17) is 9.16 Å². The average Bonchev–Trinajstić information content (AvgIpc) is 2.66. The number of esters is 1. The molecule has 0 heterocycles. The summed E-state index contributed by atoms with van der Waals surface area (Å²) < 4.78 is 12.0. The van der Waals surface area contributed by atoms with Gasteiger partial charge in [-0.05, 0) is 42.3 Å². The highest BCUT2D eigenvalue weighted by Crippen LogP contribution is 2.37. The van der Waals surface area contributed by atoms with Crippen LogP contribution in [-0.2, 0) is 14.0 Å². The highest BCUT2D eigenvalue weighted by molar-refractivity contribution is 6.99. The van der Waals surface area contributed by atoms with E-state index in [1.807, 2.05) is 32.1 Å². The van der Waals surface area contributed by atoms with Crippen molar-refractivity contribution in [3.05, 3.63) is 72.3 Å². The van der Waals surface area contributed by atoms with Crippen LogP contribution in [-0.4, -0.2) is 27.0 Å². The fraction of sp³-hybridized carbons (Fsp3) is 0.375. The Hall–Kier alpha value is -2.17. The summed E-state index contributed by atoms with van der Waals surface area (Å²) in [4.78, 5) is 12.0. The zero-order valence-corrected chi connectivity index (χ0v) is 18.9. The van der Waals surface area contributed by atoms with Gasteiger partial charge in [-0.1, -0.05) is 81.4 Å². The van der Waals surface area contributed by atoms with Crippen LogP contribution in [0, 0.1) is 0 Å². The second kappa shape index (κ2) is 9.35. The van der Waals surface area contributed by atoms with Gasteiger partial charge < -0.3 is 9.16 Å². The maximum atomic E-state index is 12.0. The maximum absolute atomic E-state index is 12.0. The number of hydrogen-bond donors (Lipinski definition) is 0. The molecular formula is C24H32O3Si. The molecule has 0 aliphatic carbocycles. The van der Waals surface area contributed by atoms with Crippen LogP contribution in [0.3, 0.4) is 0 Å². The summed E-state index contributed by atoms with van der Waals surface area (Å²) >= 11 is 0. The monoisotopic (exact) mass is 396 g/mol. The van der Waals surface area contributed by atoms with Crippen LogP contribution in [0.25, 0.3) is 0 Å². The van der Waals surface area contributed by atoms with Gasteiger partial charge in [0, 0.05) is 5.57 Å². The number of benzene rings is 2. The van der Waals surface area contributed by atoms with Gasteiger partial charge >= 0.3 is 5.97 Å². The van der Waals surface area contributed by atoms with Crippen molar-refractivity contribution in [2.24, 2.45) is 0 Å². The van der Waals surface area contributed by atoms with Gasteiger partial charge in [-0.15, -0.1) is 0 Å². The van der Waals surface area contributed by atoms with Gasteiger partial charge in [-0.2, -0.15) is 0 Å².